The second kappa shape index (κ2) is 4.06. The van der Waals surface area contributed by atoms with E-state index in [2.05, 4.69) is 22.0 Å². The molecule has 0 spiro atoms. The number of benzene rings is 1. The van der Waals surface area contributed by atoms with Crippen LogP contribution in [0.5, 0.6) is 0 Å². The molecule has 3 heteroatoms. The van der Waals surface area contributed by atoms with E-state index >= 15 is 0 Å². The lowest BCUT2D eigenvalue weighted by Gasteiger charge is -2.42. The van der Waals surface area contributed by atoms with Gasteiger partial charge in [-0.25, -0.2) is 0 Å². The van der Waals surface area contributed by atoms with Gasteiger partial charge >= 0.3 is 0 Å². The van der Waals surface area contributed by atoms with Gasteiger partial charge in [-0.05, 0) is 18.6 Å². The molecule has 1 saturated heterocycles. The summed E-state index contributed by atoms with van der Waals surface area (Å²) in [5.41, 5.74) is 1.10. The van der Waals surface area contributed by atoms with Crippen molar-refractivity contribution in [1.82, 2.24) is 0 Å². The first kappa shape index (κ1) is 10.8. The van der Waals surface area contributed by atoms with Gasteiger partial charge in [-0.2, -0.15) is 0 Å². The van der Waals surface area contributed by atoms with Gasteiger partial charge in [-0.15, -0.1) is 0 Å². The van der Waals surface area contributed by atoms with E-state index in [1.165, 1.54) is 5.56 Å². The highest BCUT2D eigenvalue weighted by molar-refractivity contribution is 9.10. The van der Waals surface area contributed by atoms with Crippen LogP contribution >= 0.6 is 15.9 Å². The van der Waals surface area contributed by atoms with Crippen LogP contribution in [-0.2, 0) is 14.9 Å². The Balaban J connectivity index is 2.34. The first-order valence-electron chi connectivity index (χ1n) is 4.96. The Morgan fingerprint density at radius 1 is 1.47 bits per heavy atom. The largest absolute Gasteiger partial charge is 0.379 e. The third kappa shape index (κ3) is 1.99. The average Bonchev–Trinajstić information content (AvgIpc) is 2.12. The molecule has 0 aromatic heterocycles. The van der Waals surface area contributed by atoms with Crippen LogP contribution in [0.15, 0.2) is 28.7 Å². The molecular formula is C12H13BrO2. The SMILES string of the molecule is CC(=O)CC1(c2ccccc2Br)COC1. The quantitative estimate of drug-likeness (QED) is 0.843. The minimum Gasteiger partial charge on any atom is -0.379 e. The molecule has 1 aromatic rings. The summed E-state index contributed by atoms with van der Waals surface area (Å²) in [4.78, 5) is 11.3. The number of rotatable bonds is 3. The van der Waals surface area contributed by atoms with Crippen LogP contribution in [0, 0.1) is 0 Å². The zero-order chi connectivity index (χ0) is 10.9. The molecule has 0 atom stereocenters. The van der Waals surface area contributed by atoms with Crippen molar-refractivity contribution in [1.29, 1.82) is 0 Å². The minimum absolute atomic E-state index is 0.0913. The Labute approximate surface area is 97.8 Å². The maximum atomic E-state index is 11.3. The number of hydrogen-bond acceptors (Lipinski definition) is 2. The van der Waals surface area contributed by atoms with Crippen molar-refractivity contribution in [2.24, 2.45) is 0 Å². The van der Waals surface area contributed by atoms with Crippen molar-refractivity contribution in [2.75, 3.05) is 13.2 Å². The number of ether oxygens (including phenoxy) is 1. The Kier molecular flexibility index (Phi) is 2.94. The molecule has 1 aliphatic rings. The van der Waals surface area contributed by atoms with E-state index in [9.17, 15) is 4.79 Å². The summed E-state index contributed by atoms with van der Waals surface area (Å²) in [6, 6.07) is 8.06. The van der Waals surface area contributed by atoms with Gasteiger partial charge in [0.15, 0.2) is 0 Å². The molecule has 2 nitrogen and oxygen atoms in total. The van der Waals surface area contributed by atoms with Gasteiger partial charge in [0.2, 0.25) is 0 Å². The van der Waals surface area contributed by atoms with Crippen molar-refractivity contribution in [3.05, 3.63) is 34.3 Å². The summed E-state index contributed by atoms with van der Waals surface area (Å²) in [5, 5.41) is 0. The summed E-state index contributed by atoms with van der Waals surface area (Å²) >= 11 is 3.53. The lowest BCUT2D eigenvalue weighted by Crippen LogP contribution is -2.48. The van der Waals surface area contributed by atoms with Gasteiger partial charge in [0, 0.05) is 10.9 Å². The van der Waals surface area contributed by atoms with Crippen LogP contribution in [0.4, 0.5) is 0 Å². The lowest BCUT2D eigenvalue weighted by molar-refractivity contribution is -0.125. The van der Waals surface area contributed by atoms with Crippen LogP contribution in [0.1, 0.15) is 18.9 Å². The van der Waals surface area contributed by atoms with Gasteiger partial charge in [0.1, 0.15) is 5.78 Å². The van der Waals surface area contributed by atoms with E-state index in [0.717, 1.165) is 4.47 Å². The Bertz CT molecular complexity index is 383. The molecule has 1 aliphatic heterocycles. The molecule has 1 aromatic carbocycles. The maximum absolute atomic E-state index is 11.3. The van der Waals surface area contributed by atoms with Crippen molar-refractivity contribution in [2.45, 2.75) is 18.8 Å². The number of ketones is 1. The van der Waals surface area contributed by atoms with Gasteiger partial charge in [0.05, 0.1) is 18.6 Å². The molecule has 0 N–H and O–H groups in total. The maximum Gasteiger partial charge on any atom is 0.130 e. The second-order valence-corrected chi connectivity index (χ2v) is 4.99. The fraction of sp³-hybridized carbons (Fsp3) is 0.417. The molecule has 0 unspecified atom stereocenters. The third-order valence-electron chi connectivity index (χ3n) is 2.79. The van der Waals surface area contributed by atoms with E-state index in [0.29, 0.717) is 19.6 Å². The standard InChI is InChI=1S/C12H13BrO2/c1-9(14)6-12(7-15-8-12)10-4-2-3-5-11(10)13/h2-5H,6-8H2,1H3. The molecule has 15 heavy (non-hydrogen) atoms. The van der Waals surface area contributed by atoms with Crippen LogP contribution in [0.25, 0.3) is 0 Å². The summed E-state index contributed by atoms with van der Waals surface area (Å²) in [7, 11) is 0. The van der Waals surface area contributed by atoms with Crippen LogP contribution in [0.3, 0.4) is 0 Å². The van der Waals surface area contributed by atoms with Gasteiger partial charge < -0.3 is 4.74 Å². The number of carbonyl (C=O) groups excluding carboxylic acids is 1. The predicted octanol–water partition coefficient (Wildman–Crippen LogP) is 2.70. The zero-order valence-corrected chi connectivity index (χ0v) is 10.2. The Morgan fingerprint density at radius 2 is 2.13 bits per heavy atom. The second-order valence-electron chi connectivity index (χ2n) is 4.13. The fourth-order valence-electron chi connectivity index (χ4n) is 2.07. The van der Waals surface area contributed by atoms with Crippen LogP contribution < -0.4 is 0 Å². The first-order chi connectivity index (χ1) is 7.14. The molecule has 2 rings (SSSR count). The van der Waals surface area contributed by atoms with E-state index in [4.69, 9.17) is 4.74 Å². The molecular weight excluding hydrogens is 256 g/mol. The molecule has 0 saturated carbocycles. The van der Waals surface area contributed by atoms with E-state index in [1.54, 1.807) is 6.92 Å². The third-order valence-corrected chi connectivity index (χ3v) is 3.48. The number of hydrogen-bond donors (Lipinski definition) is 0. The van der Waals surface area contributed by atoms with Crippen LogP contribution in [-0.4, -0.2) is 19.0 Å². The average molecular weight is 269 g/mol. The highest BCUT2D eigenvalue weighted by atomic mass is 79.9. The lowest BCUT2D eigenvalue weighted by atomic mass is 9.75. The molecule has 0 bridgehead atoms. The number of carbonyl (C=O) groups is 1. The summed E-state index contributed by atoms with van der Waals surface area (Å²) < 4.78 is 6.34. The van der Waals surface area contributed by atoms with E-state index in [-0.39, 0.29) is 11.2 Å². The normalized spacial score (nSPS) is 18.3. The van der Waals surface area contributed by atoms with Crippen molar-refractivity contribution >= 4 is 21.7 Å². The zero-order valence-electron chi connectivity index (χ0n) is 8.63. The summed E-state index contributed by atoms with van der Waals surface area (Å²) in [5.74, 6) is 0.217. The van der Waals surface area contributed by atoms with Crippen molar-refractivity contribution in [3.8, 4) is 0 Å². The minimum atomic E-state index is -0.0913. The highest BCUT2D eigenvalue weighted by Crippen LogP contribution is 2.39. The van der Waals surface area contributed by atoms with Crippen molar-refractivity contribution in [3.63, 3.8) is 0 Å². The van der Waals surface area contributed by atoms with E-state index < -0.39 is 0 Å². The van der Waals surface area contributed by atoms with Gasteiger partial charge in [-0.1, -0.05) is 34.1 Å². The summed E-state index contributed by atoms with van der Waals surface area (Å²) in [6.45, 7) is 2.93. The first-order valence-corrected chi connectivity index (χ1v) is 5.76. The smallest absolute Gasteiger partial charge is 0.130 e. The highest BCUT2D eigenvalue weighted by Gasteiger charge is 2.42. The monoisotopic (exact) mass is 268 g/mol. The molecule has 1 fully saturated rings. The number of halogens is 1. The molecule has 0 aliphatic carbocycles. The molecule has 0 amide bonds. The molecule has 0 radical (unpaired) electrons. The Hall–Kier alpha value is -0.670. The predicted molar refractivity (Wildman–Crippen MR) is 61.9 cm³/mol. The van der Waals surface area contributed by atoms with Crippen molar-refractivity contribution < 1.29 is 9.53 Å². The topological polar surface area (TPSA) is 26.3 Å². The molecule has 80 valence electrons. The molecule has 1 heterocycles. The van der Waals surface area contributed by atoms with Gasteiger partial charge in [0.25, 0.3) is 0 Å². The van der Waals surface area contributed by atoms with Gasteiger partial charge in [-0.3, -0.25) is 4.79 Å². The fourth-order valence-corrected chi connectivity index (χ4v) is 2.77. The Morgan fingerprint density at radius 3 is 2.60 bits per heavy atom. The summed E-state index contributed by atoms with van der Waals surface area (Å²) in [6.07, 6.45) is 0.565. The van der Waals surface area contributed by atoms with E-state index in [1.807, 2.05) is 18.2 Å². The number of Topliss-reactive ketones (excluding diaryl/α,β-unsaturated/α-hetero) is 1. The van der Waals surface area contributed by atoms with Crippen LogP contribution in [0.2, 0.25) is 0 Å².